The van der Waals surface area contributed by atoms with Gasteiger partial charge in [-0.2, -0.15) is 5.10 Å². The van der Waals surface area contributed by atoms with Gasteiger partial charge in [0.2, 0.25) is 5.91 Å². The number of primary amides is 1. The van der Waals surface area contributed by atoms with Crippen molar-refractivity contribution >= 4 is 28.1 Å². The number of nitrogens with one attached hydrogen (secondary N) is 1. The number of benzene rings is 2. The zero-order valence-electron chi connectivity index (χ0n) is 20.8. The molecule has 5 rings (SSSR count). The highest BCUT2D eigenvalue weighted by Gasteiger charge is 2.19. The first kappa shape index (κ1) is 27.0. The summed E-state index contributed by atoms with van der Waals surface area (Å²) in [5.74, 6) is 0.591. The van der Waals surface area contributed by atoms with E-state index in [1.807, 2.05) is 51.1 Å². The molecule has 0 radical (unpaired) electrons. The second-order valence-corrected chi connectivity index (χ2v) is 8.98. The number of nitrogens with zero attached hydrogens (tertiary/aromatic N) is 2. The molecule has 9 heteroatoms. The van der Waals surface area contributed by atoms with Gasteiger partial charge in [0.15, 0.2) is 0 Å². The second kappa shape index (κ2) is 13.5. The number of pyridine rings is 1. The molecule has 1 aliphatic heterocycles. The highest BCUT2D eigenvalue weighted by molar-refractivity contribution is 7.08. The van der Waals surface area contributed by atoms with Gasteiger partial charge in [-0.05, 0) is 56.2 Å². The van der Waals surface area contributed by atoms with E-state index in [1.165, 1.54) is 11.3 Å². The lowest BCUT2D eigenvalue weighted by Gasteiger charge is -2.18. The van der Waals surface area contributed by atoms with E-state index in [-0.39, 0.29) is 4.87 Å². The van der Waals surface area contributed by atoms with Crippen LogP contribution < -0.4 is 15.3 Å². The van der Waals surface area contributed by atoms with E-state index >= 15 is 0 Å². The smallest absolute Gasteiger partial charge is 0.322 e. The van der Waals surface area contributed by atoms with Crippen LogP contribution in [0.2, 0.25) is 0 Å². The molecule has 190 valence electrons. The summed E-state index contributed by atoms with van der Waals surface area (Å²) >= 11 is 1.19. The molecule has 1 amide bonds. The Hall–Kier alpha value is -3.56. The molecule has 0 saturated carbocycles. The molecule has 4 aromatic rings. The number of carbonyl (C=O) groups is 1. The first-order valence-electron chi connectivity index (χ1n) is 12.0. The molecular weight excluding hydrogens is 476 g/mol. The number of nitrogens with two attached hydrogens (primary N) is 1. The van der Waals surface area contributed by atoms with E-state index in [1.54, 1.807) is 24.3 Å². The van der Waals surface area contributed by atoms with Gasteiger partial charge in [-0.1, -0.05) is 43.4 Å². The summed E-state index contributed by atoms with van der Waals surface area (Å²) in [6.45, 7) is 7.97. The SMILES string of the molecule is CC.Cc1cc(COc2ccc(C(N)=O)cc2)c2ccccc2n1.O=c1[nH]nc([C@H]2CCCOC2)s1. The number of rotatable bonds is 5. The predicted octanol–water partition coefficient (Wildman–Crippen LogP) is 4.97. The van der Waals surface area contributed by atoms with E-state index in [0.29, 0.717) is 30.4 Å². The van der Waals surface area contributed by atoms with Gasteiger partial charge in [-0.25, -0.2) is 5.10 Å². The lowest BCUT2D eigenvalue weighted by molar-refractivity contribution is 0.0802. The number of amides is 1. The van der Waals surface area contributed by atoms with Crippen LogP contribution >= 0.6 is 11.3 Å². The number of aromatic amines is 1. The van der Waals surface area contributed by atoms with Crippen LogP contribution in [0.5, 0.6) is 5.75 Å². The average molecular weight is 509 g/mol. The lowest BCUT2D eigenvalue weighted by Crippen LogP contribution is -2.15. The average Bonchev–Trinajstić information content (AvgIpc) is 3.36. The number of aryl methyl sites for hydroxylation is 1. The minimum Gasteiger partial charge on any atom is -0.489 e. The van der Waals surface area contributed by atoms with Gasteiger partial charge in [-0.15, -0.1) is 0 Å². The third kappa shape index (κ3) is 7.47. The Balaban J connectivity index is 0.000000217. The van der Waals surface area contributed by atoms with Crippen molar-refractivity contribution in [2.24, 2.45) is 5.73 Å². The molecule has 0 aliphatic carbocycles. The molecule has 2 aromatic heterocycles. The van der Waals surface area contributed by atoms with Crippen LogP contribution in [0.15, 0.2) is 59.4 Å². The summed E-state index contributed by atoms with van der Waals surface area (Å²) in [4.78, 5) is 26.3. The van der Waals surface area contributed by atoms with Gasteiger partial charge in [0.05, 0.1) is 12.1 Å². The Morgan fingerprint density at radius 1 is 1.19 bits per heavy atom. The molecule has 1 aliphatic rings. The molecule has 3 N–H and O–H groups in total. The van der Waals surface area contributed by atoms with Gasteiger partial charge in [0.1, 0.15) is 17.4 Å². The number of carbonyl (C=O) groups excluding carboxylic acids is 1. The minimum atomic E-state index is -0.442. The van der Waals surface area contributed by atoms with E-state index in [4.69, 9.17) is 15.2 Å². The largest absolute Gasteiger partial charge is 0.489 e. The van der Waals surface area contributed by atoms with Crippen molar-refractivity contribution in [3.8, 4) is 5.75 Å². The molecular formula is C27H32N4O4S. The number of hydrogen-bond donors (Lipinski definition) is 2. The predicted molar refractivity (Wildman–Crippen MR) is 143 cm³/mol. The highest BCUT2D eigenvalue weighted by Crippen LogP contribution is 2.24. The van der Waals surface area contributed by atoms with Crippen molar-refractivity contribution in [3.63, 3.8) is 0 Å². The molecule has 0 bridgehead atoms. The summed E-state index contributed by atoms with van der Waals surface area (Å²) < 4.78 is 11.1. The monoisotopic (exact) mass is 508 g/mol. The molecule has 2 aromatic carbocycles. The van der Waals surface area contributed by atoms with Gasteiger partial charge in [0.25, 0.3) is 0 Å². The Morgan fingerprint density at radius 2 is 1.94 bits per heavy atom. The summed E-state index contributed by atoms with van der Waals surface area (Å²) in [7, 11) is 0. The quantitative estimate of drug-likeness (QED) is 0.393. The summed E-state index contributed by atoms with van der Waals surface area (Å²) in [5.41, 5.74) is 8.70. The zero-order valence-corrected chi connectivity index (χ0v) is 21.6. The third-order valence-corrected chi connectivity index (χ3v) is 6.34. The fourth-order valence-electron chi connectivity index (χ4n) is 3.74. The maximum Gasteiger partial charge on any atom is 0.322 e. The molecule has 1 fully saturated rings. The van der Waals surface area contributed by atoms with Crippen molar-refractivity contribution < 1.29 is 14.3 Å². The Bertz CT molecular complexity index is 1310. The number of ether oxygens (including phenoxy) is 2. The van der Waals surface area contributed by atoms with E-state index < -0.39 is 5.91 Å². The Kier molecular flexibility index (Phi) is 10.1. The topological polar surface area (TPSA) is 120 Å². The number of H-pyrrole nitrogens is 1. The van der Waals surface area contributed by atoms with Crippen molar-refractivity contribution in [1.29, 1.82) is 0 Å². The standard InChI is InChI=1S/C18H16N2O2.C7H10N2O2S.C2H6/c1-12-10-14(16-4-2-3-5-17(16)20-12)11-22-15-8-6-13(7-9-15)18(19)21;10-7-9-8-6(12-7)5-2-1-3-11-4-5;1-2/h2-10H,11H2,1H3,(H2,19,21);5H,1-4H2,(H,9,10);1-2H3/t;5-;/m.0./s1. The normalized spacial score (nSPS) is 14.7. The van der Waals surface area contributed by atoms with E-state index in [0.717, 1.165) is 46.6 Å². The van der Waals surface area contributed by atoms with Crippen LogP contribution in [-0.4, -0.2) is 34.3 Å². The molecule has 0 spiro atoms. The highest BCUT2D eigenvalue weighted by atomic mass is 32.1. The molecule has 3 heterocycles. The van der Waals surface area contributed by atoms with E-state index in [2.05, 4.69) is 15.2 Å². The van der Waals surface area contributed by atoms with Crippen LogP contribution in [0.25, 0.3) is 10.9 Å². The van der Waals surface area contributed by atoms with Crippen LogP contribution in [0, 0.1) is 6.92 Å². The molecule has 0 unspecified atom stereocenters. The molecule has 1 saturated heterocycles. The van der Waals surface area contributed by atoms with Crippen molar-refractivity contribution in [2.75, 3.05) is 13.2 Å². The Labute approximate surface area is 214 Å². The van der Waals surface area contributed by atoms with Crippen LogP contribution in [0.3, 0.4) is 0 Å². The third-order valence-electron chi connectivity index (χ3n) is 5.43. The summed E-state index contributed by atoms with van der Waals surface area (Å²) in [5, 5.41) is 8.34. The molecule has 8 nitrogen and oxygen atoms in total. The van der Waals surface area contributed by atoms with Crippen molar-refractivity contribution in [2.45, 2.75) is 46.1 Å². The fourth-order valence-corrected chi connectivity index (χ4v) is 4.47. The van der Waals surface area contributed by atoms with Gasteiger partial charge in [0, 0.05) is 34.7 Å². The maximum absolute atomic E-state index is 11.0. The minimum absolute atomic E-state index is 0.0735. The number of aromatic nitrogens is 3. The van der Waals surface area contributed by atoms with Gasteiger partial charge in [-0.3, -0.25) is 14.6 Å². The molecule has 1 atom stereocenters. The maximum atomic E-state index is 11.0. The van der Waals surface area contributed by atoms with Crippen LogP contribution in [0.1, 0.15) is 59.2 Å². The summed E-state index contributed by atoms with van der Waals surface area (Å²) in [6, 6.07) is 16.8. The van der Waals surface area contributed by atoms with Crippen LogP contribution in [-0.2, 0) is 11.3 Å². The lowest BCUT2D eigenvalue weighted by atomic mass is 10.0. The van der Waals surface area contributed by atoms with Crippen molar-refractivity contribution in [1.82, 2.24) is 15.2 Å². The van der Waals surface area contributed by atoms with Gasteiger partial charge < -0.3 is 15.2 Å². The van der Waals surface area contributed by atoms with Gasteiger partial charge >= 0.3 is 4.87 Å². The summed E-state index contributed by atoms with van der Waals surface area (Å²) in [6.07, 6.45) is 2.15. The first-order chi connectivity index (χ1) is 17.5. The van der Waals surface area contributed by atoms with E-state index in [9.17, 15) is 9.59 Å². The zero-order chi connectivity index (χ0) is 25.9. The molecule has 36 heavy (non-hydrogen) atoms. The van der Waals surface area contributed by atoms with Crippen LogP contribution in [0.4, 0.5) is 0 Å². The fraction of sp³-hybridized carbons (Fsp3) is 0.333. The number of para-hydroxylation sites is 1. The number of fused-ring (bicyclic) bond motifs is 1. The Morgan fingerprint density at radius 3 is 2.58 bits per heavy atom. The first-order valence-corrected chi connectivity index (χ1v) is 12.8. The second-order valence-electron chi connectivity index (χ2n) is 7.98. The number of hydrogen-bond acceptors (Lipinski definition) is 7. The van der Waals surface area contributed by atoms with Crippen molar-refractivity contribution in [3.05, 3.63) is 86.1 Å².